The Morgan fingerprint density at radius 3 is 2.60 bits per heavy atom. The molecule has 10 heavy (non-hydrogen) atoms. The summed E-state index contributed by atoms with van der Waals surface area (Å²) in [6.07, 6.45) is 5.80. The first kappa shape index (κ1) is 8.08. The van der Waals surface area contributed by atoms with Crippen LogP contribution in [0.1, 0.15) is 19.3 Å². The van der Waals surface area contributed by atoms with Gasteiger partial charge in [-0.25, -0.2) is 0 Å². The Balaban J connectivity index is 2.07. The standard InChI is InChI=1S/C7H12NOS/c9-6-7-10-8-4-2-1-3-5-8/h1-5,7H2. The van der Waals surface area contributed by atoms with Crippen LogP contribution in [0, 0.1) is 0 Å². The van der Waals surface area contributed by atoms with E-state index in [-0.39, 0.29) is 0 Å². The fourth-order valence-corrected chi connectivity index (χ4v) is 1.86. The van der Waals surface area contributed by atoms with Crippen LogP contribution in [0.2, 0.25) is 0 Å². The summed E-state index contributed by atoms with van der Waals surface area (Å²) in [5.41, 5.74) is 0. The molecular weight excluding hydrogens is 146 g/mol. The van der Waals surface area contributed by atoms with Crippen molar-refractivity contribution in [1.29, 1.82) is 0 Å². The maximum Gasteiger partial charge on any atom is 0.210 e. The molecule has 0 saturated carbocycles. The molecule has 3 heteroatoms. The maximum atomic E-state index is 9.88. The highest BCUT2D eigenvalue weighted by atomic mass is 32.2. The van der Waals surface area contributed by atoms with Crippen molar-refractivity contribution >= 4 is 18.2 Å². The van der Waals surface area contributed by atoms with E-state index in [9.17, 15) is 4.79 Å². The monoisotopic (exact) mass is 158 g/mol. The molecule has 0 atom stereocenters. The number of hydrogen-bond donors (Lipinski definition) is 0. The summed E-state index contributed by atoms with van der Waals surface area (Å²) in [7, 11) is 0. The zero-order valence-corrected chi connectivity index (χ0v) is 6.82. The van der Waals surface area contributed by atoms with E-state index in [2.05, 4.69) is 4.31 Å². The van der Waals surface area contributed by atoms with Crippen LogP contribution in [-0.4, -0.2) is 29.4 Å². The molecule has 1 saturated heterocycles. The molecule has 1 rings (SSSR count). The minimum atomic E-state index is 0.500. The van der Waals surface area contributed by atoms with Crippen molar-refractivity contribution in [2.75, 3.05) is 18.8 Å². The summed E-state index contributed by atoms with van der Waals surface area (Å²) in [6, 6.07) is 0. The average Bonchev–Trinajstić information content (AvgIpc) is 2.03. The fraction of sp³-hybridized carbons (Fsp3) is 0.857. The van der Waals surface area contributed by atoms with Gasteiger partial charge in [0.15, 0.2) is 0 Å². The Labute approximate surface area is 66.1 Å². The highest BCUT2D eigenvalue weighted by Gasteiger charge is 2.09. The predicted octanol–water partition coefficient (Wildman–Crippen LogP) is 1.23. The Hall–Kier alpha value is -0.0200. The van der Waals surface area contributed by atoms with E-state index in [1.807, 2.05) is 6.29 Å². The Morgan fingerprint density at radius 1 is 1.30 bits per heavy atom. The van der Waals surface area contributed by atoms with Crippen molar-refractivity contribution < 1.29 is 4.79 Å². The Bertz CT molecular complexity index is 102. The lowest BCUT2D eigenvalue weighted by atomic mass is 10.2. The van der Waals surface area contributed by atoms with Crippen LogP contribution < -0.4 is 0 Å². The third kappa shape index (κ3) is 2.71. The molecule has 0 aliphatic carbocycles. The summed E-state index contributed by atoms with van der Waals surface area (Å²) in [5, 5.41) is 0. The van der Waals surface area contributed by atoms with Crippen molar-refractivity contribution in [3.63, 3.8) is 0 Å². The highest BCUT2D eigenvalue weighted by Crippen LogP contribution is 2.16. The molecule has 1 aliphatic heterocycles. The lowest BCUT2D eigenvalue weighted by Crippen LogP contribution is -2.23. The molecule has 57 valence electrons. The SMILES string of the molecule is O=[C]CSN1CCCCC1. The summed E-state index contributed by atoms with van der Waals surface area (Å²) in [4.78, 5) is 9.88. The second-order valence-electron chi connectivity index (χ2n) is 2.41. The molecule has 0 amide bonds. The first-order chi connectivity index (χ1) is 4.93. The first-order valence-electron chi connectivity index (χ1n) is 3.66. The molecule has 0 aromatic heterocycles. The number of piperidine rings is 1. The second kappa shape index (κ2) is 4.74. The number of rotatable bonds is 3. The molecule has 0 N–H and O–H groups in total. The Morgan fingerprint density at radius 2 is 2.00 bits per heavy atom. The second-order valence-corrected chi connectivity index (χ2v) is 3.47. The van der Waals surface area contributed by atoms with Gasteiger partial charge in [0, 0.05) is 13.1 Å². The van der Waals surface area contributed by atoms with Crippen molar-refractivity contribution in [2.24, 2.45) is 0 Å². The first-order valence-corrected chi connectivity index (χ1v) is 4.60. The van der Waals surface area contributed by atoms with Gasteiger partial charge >= 0.3 is 0 Å². The van der Waals surface area contributed by atoms with E-state index in [0.29, 0.717) is 5.75 Å². The third-order valence-electron chi connectivity index (χ3n) is 1.62. The van der Waals surface area contributed by atoms with E-state index in [0.717, 1.165) is 13.1 Å². The average molecular weight is 158 g/mol. The number of nitrogens with zero attached hydrogens (tertiary/aromatic N) is 1. The zero-order chi connectivity index (χ0) is 7.23. The molecule has 0 aromatic rings. The van der Waals surface area contributed by atoms with Crippen molar-refractivity contribution in [3.8, 4) is 0 Å². The van der Waals surface area contributed by atoms with Gasteiger partial charge in [-0.15, -0.1) is 0 Å². The van der Waals surface area contributed by atoms with E-state index < -0.39 is 0 Å². The third-order valence-corrected chi connectivity index (χ3v) is 2.60. The van der Waals surface area contributed by atoms with Gasteiger partial charge in [-0.2, -0.15) is 0 Å². The maximum absolute atomic E-state index is 9.88. The largest absolute Gasteiger partial charge is 0.290 e. The lowest BCUT2D eigenvalue weighted by Gasteiger charge is -2.23. The normalized spacial score (nSPS) is 20.8. The van der Waals surface area contributed by atoms with E-state index in [1.165, 1.54) is 19.3 Å². The van der Waals surface area contributed by atoms with Crippen LogP contribution in [-0.2, 0) is 4.79 Å². The molecule has 1 aliphatic rings. The van der Waals surface area contributed by atoms with Gasteiger partial charge in [0.2, 0.25) is 6.29 Å². The highest BCUT2D eigenvalue weighted by molar-refractivity contribution is 7.97. The minimum absolute atomic E-state index is 0.500. The van der Waals surface area contributed by atoms with Crippen LogP contribution in [0.25, 0.3) is 0 Å². The summed E-state index contributed by atoms with van der Waals surface area (Å²) < 4.78 is 2.26. The minimum Gasteiger partial charge on any atom is -0.290 e. The molecule has 1 heterocycles. The van der Waals surface area contributed by atoms with E-state index in [4.69, 9.17) is 0 Å². The van der Waals surface area contributed by atoms with Gasteiger partial charge in [-0.05, 0) is 12.8 Å². The van der Waals surface area contributed by atoms with Gasteiger partial charge in [-0.3, -0.25) is 9.10 Å². The molecule has 0 unspecified atom stereocenters. The van der Waals surface area contributed by atoms with Gasteiger partial charge < -0.3 is 0 Å². The predicted molar refractivity (Wildman–Crippen MR) is 43.6 cm³/mol. The quantitative estimate of drug-likeness (QED) is 0.576. The molecule has 0 aromatic carbocycles. The topological polar surface area (TPSA) is 20.3 Å². The summed E-state index contributed by atoms with van der Waals surface area (Å²) in [5.74, 6) is 0.500. The van der Waals surface area contributed by atoms with Crippen molar-refractivity contribution in [3.05, 3.63) is 0 Å². The van der Waals surface area contributed by atoms with E-state index in [1.54, 1.807) is 11.9 Å². The van der Waals surface area contributed by atoms with E-state index >= 15 is 0 Å². The summed E-state index contributed by atoms with van der Waals surface area (Å²) >= 11 is 1.61. The Kier molecular flexibility index (Phi) is 3.83. The van der Waals surface area contributed by atoms with Gasteiger partial charge in [0.25, 0.3) is 0 Å². The smallest absolute Gasteiger partial charge is 0.210 e. The molecule has 2 nitrogen and oxygen atoms in total. The van der Waals surface area contributed by atoms with Crippen LogP contribution in [0.4, 0.5) is 0 Å². The van der Waals surface area contributed by atoms with Crippen LogP contribution >= 0.6 is 11.9 Å². The van der Waals surface area contributed by atoms with Crippen molar-refractivity contribution in [2.45, 2.75) is 19.3 Å². The molecule has 1 fully saturated rings. The number of hydrogen-bond acceptors (Lipinski definition) is 3. The molecule has 0 bridgehead atoms. The zero-order valence-electron chi connectivity index (χ0n) is 6.01. The van der Waals surface area contributed by atoms with Gasteiger partial charge in [0.05, 0.1) is 5.75 Å². The van der Waals surface area contributed by atoms with Crippen LogP contribution in [0.15, 0.2) is 0 Å². The van der Waals surface area contributed by atoms with Crippen molar-refractivity contribution in [1.82, 2.24) is 4.31 Å². The lowest BCUT2D eigenvalue weighted by molar-refractivity contribution is 0.381. The molecule has 1 radical (unpaired) electrons. The summed E-state index contributed by atoms with van der Waals surface area (Å²) in [6.45, 7) is 2.29. The molecule has 0 spiro atoms. The van der Waals surface area contributed by atoms with Gasteiger partial charge in [-0.1, -0.05) is 18.4 Å². The van der Waals surface area contributed by atoms with Gasteiger partial charge in [0.1, 0.15) is 0 Å². The fourth-order valence-electron chi connectivity index (χ4n) is 1.11. The molecular formula is C7H12NOS. The van der Waals surface area contributed by atoms with Crippen LogP contribution in [0.5, 0.6) is 0 Å². The number of carbonyl (C=O) groups excluding carboxylic acids is 1. The van der Waals surface area contributed by atoms with Crippen LogP contribution in [0.3, 0.4) is 0 Å².